The van der Waals surface area contributed by atoms with E-state index in [9.17, 15) is 21.8 Å². The van der Waals surface area contributed by atoms with Crippen LogP contribution in [0.4, 0.5) is 28.9 Å². The van der Waals surface area contributed by atoms with Crippen molar-refractivity contribution in [1.29, 1.82) is 0 Å². The lowest BCUT2D eigenvalue weighted by Crippen LogP contribution is -2.17. The van der Waals surface area contributed by atoms with Crippen LogP contribution in [-0.2, 0) is 17.3 Å². The Kier molecular flexibility index (Phi) is 7.45. The largest absolute Gasteiger partial charge is 0.431 e. The summed E-state index contributed by atoms with van der Waals surface area (Å²) in [6.45, 7) is -6.12. The van der Waals surface area contributed by atoms with Crippen molar-refractivity contribution < 1.29 is 31.2 Å². The Hall–Kier alpha value is -3.14. The second kappa shape index (κ2) is 10.3. The van der Waals surface area contributed by atoms with Crippen molar-refractivity contribution >= 4 is 22.2 Å². The van der Waals surface area contributed by atoms with Gasteiger partial charge in [-0.3, -0.25) is 9.19 Å². The lowest BCUT2D eigenvalue weighted by molar-refractivity contribution is -0.0692. The number of ether oxygens (including phenoxy) is 2. The van der Waals surface area contributed by atoms with Gasteiger partial charge in [0.1, 0.15) is 0 Å². The van der Waals surface area contributed by atoms with E-state index < -0.39 is 35.5 Å². The average molecular weight is 454 g/mol. The van der Waals surface area contributed by atoms with Crippen LogP contribution in [0.3, 0.4) is 0 Å². The smallest absolute Gasteiger partial charge is 0.387 e. The van der Waals surface area contributed by atoms with Crippen LogP contribution in [-0.4, -0.2) is 28.7 Å². The van der Waals surface area contributed by atoms with Crippen LogP contribution in [0.1, 0.15) is 5.56 Å². The van der Waals surface area contributed by atoms with E-state index in [1.165, 1.54) is 12.1 Å². The van der Waals surface area contributed by atoms with Crippen LogP contribution in [0.15, 0.2) is 71.9 Å². The van der Waals surface area contributed by atoms with Gasteiger partial charge in [0.25, 0.3) is 0 Å². The second-order valence-electron chi connectivity index (χ2n) is 6.28. The number of hydrogen-bond donors (Lipinski definition) is 0. The molecule has 3 rings (SSSR count). The first-order chi connectivity index (χ1) is 14.8. The van der Waals surface area contributed by atoms with Crippen LogP contribution in [0.2, 0.25) is 0 Å². The third-order valence-corrected chi connectivity index (χ3v) is 5.15. The molecule has 1 heterocycles. The number of anilines is 2. The lowest BCUT2D eigenvalue weighted by atomic mass is 10.2. The average Bonchev–Trinajstić information content (AvgIpc) is 2.73. The molecule has 0 spiro atoms. The fraction of sp³-hybridized carbons (Fsp3) is 0.190. The number of nitrogens with zero attached hydrogens (tertiary/aromatic N) is 2. The quantitative estimate of drug-likeness (QED) is 0.408. The number of halogens is 4. The van der Waals surface area contributed by atoms with Gasteiger partial charge in [0.2, 0.25) is 0 Å². The van der Waals surface area contributed by atoms with E-state index in [0.29, 0.717) is 22.8 Å². The standard InChI is InChI=1S/C21H18F4N2O3S/c1-31(28)17-7-4-15(5-8-17)27(13-14-3-2-10-26-12-14)16-6-9-18(29-20(22)23)19(11-16)30-21(24)25/h2-12,20-21H,13H2,1H3. The van der Waals surface area contributed by atoms with Crippen molar-refractivity contribution in [3.8, 4) is 11.5 Å². The number of aromatic nitrogens is 1. The fourth-order valence-corrected chi connectivity index (χ4v) is 3.39. The third kappa shape index (κ3) is 6.17. The summed E-state index contributed by atoms with van der Waals surface area (Å²) in [7, 11) is -1.17. The first-order valence-electron chi connectivity index (χ1n) is 8.97. The second-order valence-corrected chi connectivity index (χ2v) is 7.66. The minimum Gasteiger partial charge on any atom is -0.431 e. The molecule has 0 saturated heterocycles. The minimum absolute atomic E-state index is 0.297. The maximum absolute atomic E-state index is 12.8. The van der Waals surface area contributed by atoms with Gasteiger partial charge in [-0.15, -0.1) is 0 Å². The Balaban J connectivity index is 2.04. The summed E-state index contributed by atoms with van der Waals surface area (Å²) in [5, 5.41) is 0. The fourth-order valence-electron chi connectivity index (χ4n) is 2.87. The van der Waals surface area contributed by atoms with Crippen LogP contribution < -0.4 is 14.4 Å². The molecular weight excluding hydrogens is 436 g/mol. The number of rotatable bonds is 9. The van der Waals surface area contributed by atoms with Crippen molar-refractivity contribution in [2.75, 3.05) is 11.2 Å². The van der Waals surface area contributed by atoms with E-state index in [0.717, 1.165) is 11.6 Å². The Morgan fingerprint density at radius 2 is 1.58 bits per heavy atom. The lowest BCUT2D eigenvalue weighted by Gasteiger charge is -2.26. The summed E-state index contributed by atoms with van der Waals surface area (Å²) in [5.74, 6) is -1.02. The van der Waals surface area contributed by atoms with Gasteiger partial charge in [0, 0.05) is 58.3 Å². The summed E-state index contributed by atoms with van der Waals surface area (Å²) in [6.07, 6.45) is 4.82. The van der Waals surface area contributed by atoms with Crippen LogP contribution in [0.5, 0.6) is 11.5 Å². The molecule has 0 bridgehead atoms. The zero-order chi connectivity index (χ0) is 22.4. The molecular formula is C21H18F4N2O3S. The van der Waals surface area contributed by atoms with Gasteiger partial charge in [0.05, 0.1) is 0 Å². The molecule has 5 nitrogen and oxygen atoms in total. The molecule has 0 fully saturated rings. The SMILES string of the molecule is CS(=O)c1ccc(N(Cc2cccnc2)c2ccc(OC(F)F)c(OC(F)F)c2)cc1. The van der Waals surface area contributed by atoms with Gasteiger partial charge in [-0.25, -0.2) is 0 Å². The minimum atomic E-state index is -3.22. The summed E-state index contributed by atoms with van der Waals surface area (Å²) in [6, 6.07) is 14.2. The van der Waals surface area contributed by atoms with Crippen molar-refractivity contribution in [3.63, 3.8) is 0 Å². The molecule has 1 aromatic heterocycles. The maximum Gasteiger partial charge on any atom is 0.387 e. The molecule has 0 N–H and O–H groups in total. The Morgan fingerprint density at radius 3 is 2.16 bits per heavy atom. The normalized spacial score (nSPS) is 12.1. The van der Waals surface area contributed by atoms with Gasteiger partial charge in [-0.1, -0.05) is 6.07 Å². The monoisotopic (exact) mass is 454 g/mol. The van der Waals surface area contributed by atoms with Crippen molar-refractivity contribution in [3.05, 3.63) is 72.6 Å². The highest BCUT2D eigenvalue weighted by Gasteiger charge is 2.19. The highest BCUT2D eigenvalue weighted by atomic mass is 32.2. The molecule has 0 aliphatic rings. The topological polar surface area (TPSA) is 51.7 Å². The molecule has 0 amide bonds. The van der Waals surface area contributed by atoms with Crippen LogP contribution in [0.25, 0.3) is 0 Å². The van der Waals surface area contributed by atoms with Crippen LogP contribution in [0, 0.1) is 0 Å². The first-order valence-corrected chi connectivity index (χ1v) is 10.5. The van der Waals surface area contributed by atoms with E-state index in [-0.39, 0.29) is 0 Å². The summed E-state index contributed by atoms with van der Waals surface area (Å²) in [4.78, 5) is 6.44. The van der Waals surface area contributed by atoms with E-state index >= 15 is 0 Å². The Bertz CT molecular complexity index is 1020. The van der Waals surface area contributed by atoms with E-state index in [1.807, 2.05) is 6.07 Å². The van der Waals surface area contributed by atoms with E-state index in [4.69, 9.17) is 0 Å². The predicted molar refractivity (Wildman–Crippen MR) is 109 cm³/mol. The summed E-state index contributed by atoms with van der Waals surface area (Å²) >= 11 is 0. The zero-order valence-corrected chi connectivity index (χ0v) is 17.1. The van der Waals surface area contributed by atoms with Crippen molar-refractivity contribution in [2.24, 2.45) is 0 Å². The highest BCUT2D eigenvalue weighted by Crippen LogP contribution is 2.37. The van der Waals surface area contributed by atoms with Gasteiger partial charge in [-0.05, 0) is 48.0 Å². The molecule has 2 aromatic carbocycles. The van der Waals surface area contributed by atoms with Crippen molar-refractivity contribution in [2.45, 2.75) is 24.7 Å². The molecule has 0 aliphatic carbocycles. The number of alkyl halides is 4. The molecule has 0 aliphatic heterocycles. The first kappa shape index (κ1) is 22.5. The summed E-state index contributed by atoms with van der Waals surface area (Å²) in [5.41, 5.74) is 1.87. The maximum atomic E-state index is 12.8. The zero-order valence-electron chi connectivity index (χ0n) is 16.3. The number of benzene rings is 2. The molecule has 10 heteroatoms. The van der Waals surface area contributed by atoms with Gasteiger partial charge < -0.3 is 14.4 Å². The molecule has 3 aromatic rings. The molecule has 0 saturated carbocycles. The third-order valence-electron chi connectivity index (χ3n) is 4.21. The molecule has 0 radical (unpaired) electrons. The number of hydrogen-bond acceptors (Lipinski definition) is 5. The number of pyridine rings is 1. The van der Waals surface area contributed by atoms with Crippen molar-refractivity contribution in [1.82, 2.24) is 4.98 Å². The molecule has 1 atom stereocenters. The highest BCUT2D eigenvalue weighted by molar-refractivity contribution is 7.84. The Morgan fingerprint density at radius 1 is 0.935 bits per heavy atom. The van der Waals surface area contributed by atoms with Gasteiger partial charge >= 0.3 is 13.2 Å². The van der Waals surface area contributed by atoms with Crippen LogP contribution >= 0.6 is 0 Å². The van der Waals surface area contributed by atoms with Gasteiger partial charge in [0.15, 0.2) is 11.5 Å². The molecule has 164 valence electrons. The van der Waals surface area contributed by atoms with E-state index in [2.05, 4.69) is 14.5 Å². The predicted octanol–water partition coefficient (Wildman–Crippen LogP) is 5.36. The molecule has 1 unspecified atom stereocenters. The van der Waals surface area contributed by atoms with Gasteiger partial charge in [-0.2, -0.15) is 17.6 Å². The molecule has 31 heavy (non-hydrogen) atoms. The summed E-state index contributed by atoms with van der Waals surface area (Å²) < 4.78 is 71.4. The van der Waals surface area contributed by atoms with E-state index in [1.54, 1.807) is 53.9 Å². The Labute approximate surface area is 178 Å².